The van der Waals surface area contributed by atoms with E-state index in [-0.39, 0.29) is 12.1 Å². The van der Waals surface area contributed by atoms with E-state index in [1.807, 2.05) is 0 Å². The number of hydrogen-bond donors (Lipinski definition) is 1. The second kappa shape index (κ2) is 5.40. The summed E-state index contributed by atoms with van der Waals surface area (Å²) in [5, 5.41) is 0.343. The highest BCUT2D eigenvalue weighted by Gasteiger charge is 2.07. The van der Waals surface area contributed by atoms with Crippen LogP contribution in [0.1, 0.15) is 15.9 Å². The van der Waals surface area contributed by atoms with Crippen LogP contribution in [0.25, 0.3) is 10.9 Å². The van der Waals surface area contributed by atoms with Crippen molar-refractivity contribution >= 4 is 16.8 Å². The lowest BCUT2D eigenvalue weighted by molar-refractivity contribution is 0.1000. The average molecular weight is 297 g/mol. The highest BCUT2D eigenvalue weighted by molar-refractivity contribution is 5.92. The maximum Gasteiger partial charge on any atom is 0.261 e. The molecule has 0 fully saturated rings. The Bertz CT molecular complexity index is 934. The second-order valence-corrected chi connectivity index (χ2v) is 4.90. The van der Waals surface area contributed by atoms with Crippen LogP contribution in [0.4, 0.5) is 4.39 Å². The summed E-state index contributed by atoms with van der Waals surface area (Å²) in [5.41, 5.74) is 6.41. The number of amides is 1. The fourth-order valence-electron chi connectivity index (χ4n) is 2.26. The van der Waals surface area contributed by atoms with Crippen LogP contribution in [-0.4, -0.2) is 15.5 Å². The first kappa shape index (κ1) is 13.9. The van der Waals surface area contributed by atoms with E-state index >= 15 is 0 Å². The molecule has 0 atom stereocenters. The predicted molar refractivity (Wildman–Crippen MR) is 80.0 cm³/mol. The van der Waals surface area contributed by atoms with Crippen molar-refractivity contribution in [3.8, 4) is 0 Å². The van der Waals surface area contributed by atoms with Crippen molar-refractivity contribution in [1.29, 1.82) is 0 Å². The number of halogens is 1. The molecule has 2 aromatic carbocycles. The van der Waals surface area contributed by atoms with Gasteiger partial charge in [0.05, 0.1) is 23.8 Å². The van der Waals surface area contributed by atoms with Gasteiger partial charge in [0.15, 0.2) is 0 Å². The molecule has 0 aliphatic rings. The van der Waals surface area contributed by atoms with Gasteiger partial charge in [0, 0.05) is 11.6 Å². The normalized spacial score (nSPS) is 10.8. The molecular formula is C16H12FN3O2. The van der Waals surface area contributed by atoms with Gasteiger partial charge < -0.3 is 5.73 Å². The van der Waals surface area contributed by atoms with Crippen molar-refractivity contribution in [2.45, 2.75) is 6.54 Å². The van der Waals surface area contributed by atoms with E-state index in [4.69, 9.17) is 5.73 Å². The Morgan fingerprint density at radius 3 is 2.82 bits per heavy atom. The third-order valence-electron chi connectivity index (χ3n) is 3.35. The molecule has 0 saturated carbocycles. The number of carbonyl (C=O) groups is 1. The fourth-order valence-corrected chi connectivity index (χ4v) is 2.26. The van der Waals surface area contributed by atoms with E-state index in [9.17, 15) is 14.0 Å². The lowest BCUT2D eigenvalue weighted by Crippen LogP contribution is -2.21. The Kier molecular flexibility index (Phi) is 3.42. The van der Waals surface area contributed by atoms with E-state index in [0.717, 1.165) is 5.56 Å². The zero-order chi connectivity index (χ0) is 15.7. The third-order valence-corrected chi connectivity index (χ3v) is 3.35. The molecule has 5 nitrogen and oxygen atoms in total. The lowest BCUT2D eigenvalue weighted by Gasteiger charge is -2.07. The Morgan fingerprint density at radius 1 is 1.23 bits per heavy atom. The molecule has 3 rings (SSSR count). The van der Waals surface area contributed by atoms with Crippen LogP contribution < -0.4 is 11.3 Å². The topological polar surface area (TPSA) is 78.0 Å². The Hall–Kier alpha value is -3.02. The minimum atomic E-state index is -0.527. The number of hydrogen-bond acceptors (Lipinski definition) is 3. The third kappa shape index (κ3) is 2.58. The van der Waals surface area contributed by atoms with Crippen molar-refractivity contribution in [3.05, 3.63) is 76.1 Å². The minimum Gasteiger partial charge on any atom is -0.366 e. The molecule has 22 heavy (non-hydrogen) atoms. The van der Waals surface area contributed by atoms with Crippen LogP contribution in [0.3, 0.4) is 0 Å². The summed E-state index contributed by atoms with van der Waals surface area (Å²) in [7, 11) is 0. The summed E-state index contributed by atoms with van der Waals surface area (Å²) in [6, 6.07) is 10.6. The first-order chi connectivity index (χ1) is 10.5. The summed E-state index contributed by atoms with van der Waals surface area (Å²) in [6.45, 7) is 0.250. The molecule has 0 saturated heterocycles. The van der Waals surface area contributed by atoms with Gasteiger partial charge in [-0.05, 0) is 29.8 Å². The number of aromatic nitrogens is 2. The summed E-state index contributed by atoms with van der Waals surface area (Å²) < 4.78 is 14.5. The van der Waals surface area contributed by atoms with Gasteiger partial charge in [0.1, 0.15) is 5.82 Å². The average Bonchev–Trinajstić information content (AvgIpc) is 2.50. The molecule has 1 heterocycles. The van der Waals surface area contributed by atoms with Crippen LogP contribution in [-0.2, 0) is 6.54 Å². The number of rotatable bonds is 3. The zero-order valence-corrected chi connectivity index (χ0v) is 11.5. The van der Waals surface area contributed by atoms with Gasteiger partial charge >= 0.3 is 0 Å². The van der Waals surface area contributed by atoms with Gasteiger partial charge in [-0.2, -0.15) is 0 Å². The van der Waals surface area contributed by atoms with E-state index in [1.165, 1.54) is 29.1 Å². The molecule has 2 N–H and O–H groups in total. The van der Waals surface area contributed by atoms with Gasteiger partial charge in [-0.3, -0.25) is 14.2 Å². The SMILES string of the molecule is NC(=O)c1cccc(Cn2cnc3cc(F)ccc3c2=O)c1. The molecule has 0 spiro atoms. The molecule has 110 valence electrons. The Balaban J connectivity index is 2.03. The quantitative estimate of drug-likeness (QED) is 0.799. The Labute approximate surface area is 124 Å². The van der Waals surface area contributed by atoms with E-state index < -0.39 is 11.7 Å². The van der Waals surface area contributed by atoms with Crippen molar-refractivity contribution < 1.29 is 9.18 Å². The first-order valence-electron chi connectivity index (χ1n) is 6.58. The van der Waals surface area contributed by atoms with Gasteiger partial charge in [-0.1, -0.05) is 12.1 Å². The molecule has 1 amide bonds. The smallest absolute Gasteiger partial charge is 0.261 e. The molecule has 0 bridgehead atoms. The van der Waals surface area contributed by atoms with Crippen LogP contribution in [0.2, 0.25) is 0 Å². The molecular weight excluding hydrogens is 285 g/mol. The van der Waals surface area contributed by atoms with E-state index in [1.54, 1.807) is 24.3 Å². The van der Waals surface area contributed by atoms with Gasteiger partial charge in [-0.25, -0.2) is 9.37 Å². The van der Waals surface area contributed by atoms with Crippen molar-refractivity contribution in [2.24, 2.45) is 5.73 Å². The lowest BCUT2D eigenvalue weighted by atomic mass is 10.1. The molecule has 0 aliphatic carbocycles. The number of nitrogens with two attached hydrogens (primary N) is 1. The number of nitrogens with zero attached hydrogens (tertiary/aromatic N) is 2. The number of carbonyl (C=O) groups excluding carboxylic acids is 1. The fraction of sp³-hybridized carbons (Fsp3) is 0.0625. The largest absolute Gasteiger partial charge is 0.366 e. The van der Waals surface area contributed by atoms with Gasteiger partial charge in [0.25, 0.3) is 5.56 Å². The Morgan fingerprint density at radius 2 is 2.05 bits per heavy atom. The van der Waals surface area contributed by atoms with E-state index in [2.05, 4.69) is 4.98 Å². The zero-order valence-electron chi connectivity index (χ0n) is 11.5. The molecule has 6 heteroatoms. The van der Waals surface area contributed by atoms with Gasteiger partial charge in [0.2, 0.25) is 5.91 Å². The number of fused-ring (bicyclic) bond motifs is 1. The maximum absolute atomic E-state index is 13.1. The molecule has 3 aromatic rings. The minimum absolute atomic E-state index is 0.250. The van der Waals surface area contributed by atoms with Crippen LogP contribution in [0.15, 0.2) is 53.6 Å². The van der Waals surface area contributed by atoms with Crippen LogP contribution >= 0.6 is 0 Å². The van der Waals surface area contributed by atoms with Crippen LogP contribution in [0, 0.1) is 5.82 Å². The highest BCUT2D eigenvalue weighted by Crippen LogP contribution is 2.10. The predicted octanol–water partition coefficient (Wildman–Crippen LogP) is 1.68. The summed E-state index contributed by atoms with van der Waals surface area (Å²) in [4.78, 5) is 27.6. The monoisotopic (exact) mass is 297 g/mol. The maximum atomic E-state index is 13.1. The number of primary amides is 1. The molecule has 0 unspecified atom stereocenters. The first-order valence-corrected chi connectivity index (χ1v) is 6.58. The number of benzene rings is 2. The molecule has 0 radical (unpaired) electrons. The summed E-state index contributed by atoms with van der Waals surface area (Å²) in [5.74, 6) is -0.965. The van der Waals surface area contributed by atoms with Crippen molar-refractivity contribution in [3.63, 3.8) is 0 Å². The summed E-state index contributed by atoms with van der Waals surface area (Å²) in [6.07, 6.45) is 1.36. The standard InChI is InChI=1S/C16H12FN3O2/c17-12-4-5-13-14(7-12)19-9-20(16(13)22)8-10-2-1-3-11(6-10)15(18)21/h1-7,9H,8H2,(H2,18,21). The molecule has 0 aliphatic heterocycles. The van der Waals surface area contributed by atoms with Gasteiger partial charge in [-0.15, -0.1) is 0 Å². The second-order valence-electron chi connectivity index (χ2n) is 4.90. The van der Waals surface area contributed by atoms with Crippen molar-refractivity contribution in [1.82, 2.24) is 9.55 Å². The summed E-state index contributed by atoms with van der Waals surface area (Å²) >= 11 is 0. The molecule has 1 aromatic heterocycles. The van der Waals surface area contributed by atoms with Crippen molar-refractivity contribution in [2.75, 3.05) is 0 Å². The van der Waals surface area contributed by atoms with E-state index in [0.29, 0.717) is 16.5 Å². The highest BCUT2D eigenvalue weighted by atomic mass is 19.1. The van der Waals surface area contributed by atoms with Crippen LogP contribution in [0.5, 0.6) is 0 Å².